The fourth-order valence-electron chi connectivity index (χ4n) is 4.08. The van der Waals surface area contributed by atoms with E-state index in [1.165, 1.54) is 22.0 Å². The van der Waals surface area contributed by atoms with Gasteiger partial charge in [-0.2, -0.15) is 4.31 Å². The molecule has 0 unspecified atom stereocenters. The molecule has 164 valence electrons. The van der Waals surface area contributed by atoms with E-state index in [2.05, 4.69) is 12.2 Å². The monoisotopic (exact) mass is 441 g/mol. The highest BCUT2D eigenvalue weighted by Crippen LogP contribution is 2.27. The number of benzene rings is 2. The summed E-state index contributed by atoms with van der Waals surface area (Å²) < 4.78 is 26.7. The second-order valence-electron chi connectivity index (χ2n) is 8.05. The predicted molar refractivity (Wildman–Crippen MR) is 119 cm³/mol. The Bertz CT molecular complexity index is 1060. The smallest absolute Gasteiger partial charge is 0.243 e. The van der Waals surface area contributed by atoms with Gasteiger partial charge in [-0.15, -0.1) is 0 Å². The van der Waals surface area contributed by atoms with Gasteiger partial charge in [-0.3, -0.25) is 9.59 Å². The lowest BCUT2D eigenvalue weighted by Crippen LogP contribution is -2.28. The second kappa shape index (κ2) is 8.80. The average Bonchev–Trinajstić information content (AvgIpc) is 3.45. The van der Waals surface area contributed by atoms with E-state index in [-0.39, 0.29) is 23.1 Å². The number of nitrogens with one attached hydrogen (secondary N) is 1. The molecule has 2 aromatic rings. The molecule has 2 aromatic carbocycles. The SMILES string of the molecule is CCc1ccc(N2C[C@H](C(=O)Nc3ccc(S(=O)(=O)N4CCCC4)cc3)CC2=O)cc1. The fraction of sp³-hybridized carbons (Fsp3) is 0.391. The molecule has 0 radical (unpaired) electrons. The Morgan fingerprint density at radius 3 is 2.29 bits per heavy atom. The average molecular weight is 442 g/mol. The van der Waals surface area contributed by atoms with Gasteiger partial charge >= 0.3 is 0 Å². The van der Waals surface area contributed by atoms with Crippen molar-refractivity contribution < 1.29 is 18.0 Å². The molecule has 8 heteroatoms. The molecule has 2 aliphatic rings. The van der Waals surface area contributed by atoms with Crippen LogP contribution in [0, 0.1) is 5.92 Å². The van der Waals surface area contributed by atoms with Crippen LogP contribution in [-0.4, -0.2) is 44.2 Å². The van der Waals surface area contributed by atoms with Crippen molar-refractivity contribution in [3.8, 4) is 0 Å². The first kappa shape index (κ1) is 21.5. The number of amides is 2. The number of aryl methyl sites for hydroxylation is 1. The molecule has 2 aliphatic heterocycles. The number of hydrogen-bond acceptors (Lipinski definition) is 4. The summed E-state index contributed by atoms with van der Waals surface area (Å²) in [6, 6.07) is 14.0. The zero-order chi connectivity index (χ0) is 22.0. The van der Waals surface area contributed by atoms with E-state index in [1.54, 1.807) is 17.0 Å². The lowest BCUT2D eigenvalue weighted by atomic mass is 10.1. The molecule has 31 heavy (non-hydrogen) atoms. The Labute approximate surface area is 183 Å². The molecule has 1 atom stereocenters. The number of hydrogen-bond donors (Lipinski definition) is 1. The number of nitrogens with zero attached hydrogens (tertiary/aromatic N) is 2. The molecule has 4 rings (SSSR count). The predicted octanol–water partition coefficient (Wildman–Crippen LogP) is 3.03. The van der Waals surface area contributed by atoms with E-state index >= 15 is 0 Å². The maximum Gasteiger partial charge on any atom is 0.243 e. The molecule has 2 amide bonds. The molecule has 2 fully saturated rings. The van der Waals surface area contributed by atoms with Gasteiger partial charge in [-0.05, 0) is 61.2 Å². The number of sulfonamides is 1. The molecule has 0 bridgehead atoms. The summed E-state index contributed by atoms with van der Waals surface area (Å²) >= 11 is 0. The molecule has 0 aromatic heterocycles. The highest BCUT2D eigenvalue weighted by Gasteiger charge is 2.35. The van der Waals surface area contributed by atoms with E-state index in [1.807, 2.05) is 24.3 Å². The van der Waals surface area contributed by atoms with Crippen molar-refractivity contribution in [1.29, 1.82) is 0 Å². The van der Waals surface area contributed by atoms with Crippen molar-refractivity contribution in [3.63, 3.8) is 0 Å². The minimum Gasteiger partial charge on any atom is -0.326 e. The first-order chi connectivity index (χ1) is 14.9. The van der Waals surface area contributed by atoms with Crippen molar-refractivity contribution >= 4 is 33.2 Å². The van der Waals surface area contributed by atoms with Gasteiger partial charge in [0.1, 0.15) is 0 Å². The van der Waals surface area contributed by atoms with Gasteiger partial charge < -0.3 is 10.2 Å². The van der Waals surface area contributed by atoms with Gasteiger partial charge in [0.2, 0.25) is 21.8 Å². The number of rotatable bonds is 6. The number of carbonyl (C=O) groups is 2. The fourth-order valence-corrected chi connectivity index (χ4v) is 5.59. The first-order valence-electron chi connectivity index (χ1n) is 10.7. The maximum absolute atomic E-state index is 12.7. The first-order valence-corrected chi connectivity index (χ1v) is 12.1. The zero-order valence-electron chi connectivity index (χ0n) is 17.6. The van der Waals surface area contributed by atoms with E-state index in [9.17, 15) is 18.0 Å². The third kappa shape index (κ3) is 4.50. The van der Waals surface area contributed by atoms with Crippen LogP contribution >= 0.6 is 0 Å². The Hall–Kier alpha value is -2.71. The van der Waals surface area contributed by atoms with Crippen LogP contribution in [0.2, 0.25) is 0 Å². The highest BCUT2D eigenvalue weighted by molar-refractivity contribution is 7.89. The third-order valence-electron chi connectivity index (χ3n) is 5.98. The lowest BCUT2D eigenvalue weighted by Gasteiger charge is -2.17. The third-order valence-corrected chi connectivity index (χ3v) is 7.89. The molecule has 0 saturated carbocycles. The molecule has 2 saturated heterocycles. The van der Waals surface area contributed by atoms with E-state index in [4.69, 9.17) is 0 Å². The van der Waals surface area contributed by atoms with Gasteiger partial charge in [-0.1, -0.05) is 19.1 Å². The largest absolute Gasteiger partial charge is 0.326 e. The summed E-state index contributed by atoms with van der Waals surface area (Å²) in [5, 5.41) is 2.82. The van der Waals surface area contributed by atoms with Crippen LogP contribution in [0.4, 0.5) is 11.4 Å². The Balaban J connectivity index is 1.39. The van der Waals surface area contributed by atoms with Gasteiger partial charge in [0.25, 0.3) is 0 Å². The van der Waals surface area contributed by atoms with E-state index in [0.717, 1.165) is 24.9 Å². The summed E-state index contributed by atoms with van der Waals surface area (Å²) in [7, 11) is -3.48. The molecule has 1 N–H and O–H groups in total. The summed E-state index contributed by atoms with van der Waals surface area (Å²) in [6.45, 7) is 3.50. The van der Waals surface area contributed by atoms with Crippen LogP contribution in [0.15, 0.2) is 53.4 Å². The highest BCUT2D eigenvalue weighted by atomic mass is 32.2. The normalized spacial score (nSPS) is 19.7. The van der Waals surface area contributed by atoms with Gasteiger partial charge in [0.05, 0.1) is 10.8 Å². The summed E-state index contributed by atoms with van der Waals surface area (Å²) in [5.41, 5.74) is 2.51. The Kier molecular flexibility index (Phi) is 6.11. The number of anilines is 2. The standard InChI is InChI=1S/C23H27N3O4S/c1-2-17-5-9-20(10-6-17)26-16-18(15-22(26)27)23(28)24-19-7-11-21(12-8-19)31(29,30)25-13-3-4-14-25/h5-12,18H,2-4,13-16H2,1H3,(H,24,28)/t18-/m1/s1. The Morgan fingerprint density at radius 1 is 1.03 bits per heavy atom. The van der Waals surface area contributed by atoms with Crippen LogP contribution < -0.4 is 10.2 Å². The van der Waals surface area contributed by atoms with Crippen LogP contribution in [0.25, 0.3) is 0 Å². The van der Waals surface area contributed by atoms with Gasteiger partial charge in [-0.25, -0.2) is 8.42 Å². The van der Waals surface area contributed by atoms with Crippen molar-refractivity contribution in [2.75, 3.05) is 29.9 Å². The van der Waals surface area contributed by atoms with Crippen LogP contribution in [0.1, 0.15) is 31.7 Å². The van der Waals surface area contributed by atoms with Crippen molar-refractivity contribution in [1.82, 2.24) is 4.31 Å². The Morgan fingerprint density at radius 2 is 1.68 bits per heavy atom. The van der Waals surface area contributed by atoms with Gasteiger partial charge in [0.15, 0.2) is 0 Å². The maximum atomic E-state index is 12.7. The van der Waals surface area contributed by atoms with E-state index in [0.29, 0.717) is 25.3 Å². The topological polar surface area (TPSA) is 86.8 Å². The molecule has 0 aliphatic carbocycles. The van der Waals surface area contributed by atoms with Crippen molar-refractivity contribution in [3.05, 3.63) is 54.1 Å². The summed E-state index contributed by atoms with van der Waals surface area (Å²) in [5.74, 6) is -0.765. The minimum atomic E-state index is -3.48. The molecule has 2 heterocycles. The molecule has 0 spiro atoms. The van der Waals surface area contributed by atoms with Crippen LogP contribution in [-0.2, 0) is 26.0 Å². The second-order valence-corrected chi connectivity index (χ2v) is 9.99. The van der Waals surface area contributed by atoms with Crippen LogP contribution in [0.5, 0.6) is 0 Å². The molecule has 7 nitrogen and oxygen atoms in total. The zero-order valence-corrected chi connectivity index (χ0v) is 18.4. The summed E-state index contributed by atoms with van der Waals surface area (Å²) in [4.78, 5) is 27.0. The lowest BCUT2D eigenvalue weighted by molar-refractivity contribution is -0.122. The minimum absolute atomic E-state index is 0.0727. The molecular weight excluding hydrogens is 414 g/mol. The van der Waals surface area contributed by atoms with Crippen molar-refractivity contribution in [2.45, 2.75) is 37.5 Å². The van der Waals surface area contributed by atoms with E-state index < -0.39 is 15.9 Å². The molecular formula is C23H27N3O4S. The van der Waals surface area contributed by atoms with Crippen LogP contribution in [0.3, 0.4) is 0 Å². The van der Waals surface area contributed by atoms with Crippen molar-refractivity contribution in [2.24, 2.45) is 5.92 Å². The number of carbonyl (C=O) groups excluding carboxylic acids is 2. The van der Waals surface area contributed by atoms with Gasteiger partial charge in [0, 0.05) is 37.4 Å². The summed E-state index contributed by atoms with van der Waals surface area (Å²) in [6.07, 6.45) is 2.85. The quantitative estimate of drug-likeness (QED) is 0.747.